The molecule has 0 saturated carbocycles. The van der Waals surface area contributed by atoms with Gasteiger partial charge in [-0.3, -0.25) is 0 Å². The zero-order chi connectivity index (χ0) is 9.10. The van der Waals surface area contributed by atoms with E-state index < -0.39 is 0 Å². The Morgan fingerprint density at radius 1 is 1.15 bits per heavy atom. The van der Waals surface area contributed by atoms with Crippen LogP contribution in [0, 0.1) is 5.82 Å². The molecule has 0 unspecified atom stereocenters. The summed E-state index contributed by atoms with van der Waals surface area (Å²) >= 11 is 0. The monoisotopic (exact) mass is 173 g/mol. The van der Waals surface area contributed by atoms with Gasteiger partial charge in [0.2, 0.25) is 0 Å². The van der Waals surface area contributed by atoms with E-state index in [-0.39, 0.29) is 5.82 Å². The lowest BCUT2D eigenvalue weighted by atomic mass is 9.67. The molecule has 63 valence electrons. The van der Waals surface area contributed by atoms with Crippen LogP contribution < -0.4 is 0 Å². The van der Waals surface area contributed by atoms with Gasteiger partial charge >= 0.3 is 0 Å². The van der Waals surface area contributed by atoms with E-state index in [0.717, 1.165) is 11.0 Å². The molecule has 0 aromatic heterocycles. The van der Waals surface area contributed by atoms with E-state index in [9.17, 15) is 4.39 Å². The van der Waals surface area contributed by atoms with Gasteiger partial charge in [0.1, 0.15) is 5.82 Å². The summed E-state index contributed by atoms with van der Waals surface area (Å²) < 4.78 is 17.6. The van der Waals surface area contributed by atoms with Crippen molar-refractivity contribution in [1.82, 2.24) is 0 Å². The molecule has 3 heteroatoms. The molecule has 0 N–H and O–H groups in total. The average Bonchev–Trinajstić information content (AvgIpc) is 2.20. The SMILES string of the molecule is Fc1ccc(C2=COC=C[B]2)cc1. The van der Waals surface area contributed by atoms with Crippen LogP contribution in [0.25, 0.3) is 5.47 Å². The fourth-order valence-corrected chi connectivity index (χ4v) is 1.15. The molecular weight excluding hydrogens is 166 g/mol. The summed E-state index contributed by atoms with van der Waals surface area (Å²) in [5.41, 5.74) is 1.90. The molecule has 1 nitrogen and oxygen atoms in total. The van der Waals surface area contributed by atoms with E-state index in [1.807, 2.05) is 7.28 Å². The van der Waals surface area contributed by atoms with Crippen LogP contribution in [0.1, 0.15) is 5.56 Å². The molecular formula is C10H7BFO. The highest BCUT2D eigenvalue weighted by atomic mass is 19.1. The molecule has 1 aromatic rings. The predicted octanol–water partition coefficient (Wildman–Crippen LogP) is 2.33. The van der Waals surface area contributed by atoms with E-state index in [1.54, 1.807) is 30.6 Å². The van der Waals surface area contributed by atoms with E-state index in [0.29, 0.717) is 0 Å². The van der Waals surface area contributed by atoms with Crippen molar-refractivity contribution < 1.29 is 9.13 Å². The summed E-state index contributed by atoms with van der Waals surface area (Å²) in [6, 6.07) is 6.31. The summed E-state index contributed by atoms with van der Waals surface area (Å²) in [6.07, 6.45) is 3.22. The van der Waals surface area contributed by atoms with Gasteiger partial charge in [-0.15, -0.1) is 0 Å². The molecule has 0 amide bonds. The zero-order valence-corrected chi connectivity index (χ0v) is 6.91. The molecule has 13 heavy (non-hydrogen) atoms. The summed E-state index contributed by atoms with van der Waals surface area (Å²) in [5.74, 6) is 1.58. The van der Waals surface area contributed by atoms with Gasteiger partial charge in [-0.05, 0) is 23.2 Å². The van der Waals surface area contributed by atoms with E-state index in [4.69, 9.17) is 4.74 Å². The first-order valence-corrected chi connectivity index (χ1v) is 3.98. The predicted molar refractivity (Wildman–Crippen MR) is 50.4 cm³/mol. The third kappa shape index (κ3) is 1.80. The van der Waals surface area contributed by atoms with Gasteiger partial charge in [0.15, 0.2) is 7.28 Å². The lowest BCUT2D eigenvalue weighted by Crippen LogP contribution is -1.97. The van der Waals surface area contributed by atoms with Crippen LogP contribution in [0.3, 0.4) is 0 Å². The van der Waals surface area contributed by atoms with Crippen LogP contribution in [0.15, 0.2) is 42.8 Å². The van der Waals surface area contributed by atoms with E-state index in [1.165, 1.54) is 12.1 Å². The standard InChI is InChI=1S/C10H7BFO/c12-9-3-1-8(2-4-9)10-7-13-6-5-11-10/h1-7H. The second-order valence-electron chi connectivity index (χ2n) is 2.71. The van der Waals surface area contributed by atoms with Gasteiger partial charge in [-0.2, -0.15) is 0 Å². The van der Waals surface area contributed by atoms with Crippen LogP contribution >= 0.6 is 0 Å². The van der Waals surface area contributed by atoms with Crippen molar-refractivity contribution in [3.05, 3.63) is 54.1 Å². The van der Waals surface area contributed by atoms with Gasteiger partial charge in [-0.1, -0.05) is 18.1 Å². The summed E-state index contributed by atoms with van der Waals surface area (Å²) in [6.45, 7) is 0. The Labute approximate surface area is 76.8 Å². The molecule has 1 aromatic carbocycles. The molecule has 0 spiro atoms. The van der Waals surface area contributed by atoms with E-state index in [2.05, 4.69) is 0 Å². The van der Waals surface area contributed by atoms with Crippen molar-refractivity contribution >= 4 is 12.8 Å². The lowest BCUT2D eigenvalue weighted by Gasteiger charge is -2.07. The highest BCUT2D eigenvalue weighted by molar-refractivity contribution is 6.65. The first-order chi connectivity index (χ1) is 6.36. The minimum atomic E-state index is -0.225. The molecule has 0 fully saturated rings. The minimum Gasteiger partial charge on any atom is -0.474 e. The van der Waals surface area contributed by atoms with Crippen molar-refractivity contribution in [3.8, 4) is 0 Å². The molecule has 0 saturated heterocycles. The molecule has 0 bridgehead atoms. The van der Waals surface area contributed by atoms with Crippen LogP contribution in [0.2, 0.25) is 0 Å². The van der Waals surface area contributed by atoms with Crippen molar-refractivity contribution in [3.63, 3.8) is 0 Å². The summed E-state index contributed by atoms with van der Waals surface area (Å²) in [4.78, 5) is 0. The van der Waals surface area contributed by atoms with Crippen LogP contribution in [0.4, 0.5) is 4.39 Å². The number of halogens is 1. The molecule has 2 rings (SSSR count). The Balaban J connectivity index is 2.25. The topological polar surface area (TPSA) is 9.23 Å². The Kier molecular flexibility index (Phi) is 2.17. The molecule has 1 radical (unpaired) electrons. The number of ether oxygens (including phenoxy) is 1. The number of hydrogen-bond acceptors (Lipinski definition) is 1. The number of hydrogen-bond donors (Lipinski definition) is 0. The largest absolute Gasteiger partial charge is 0.474 e. The molecule has 1 heterocycles. The van der Waals surface area contributed by atoms with Gasteiger partial charge < -0.3 is 4.74 Å². The lowest BCUT2D eigenvalue weighted by molar-refractivity contribution is 0.405. The third-order valence-corrected chi connectivity index (χ3v) is 1.81. The van der Waals surface area contributed by atoms with Crippen LogP contribution in [-0.4, -0.2) is 7.28 Å². The van der Waals surface area contributed by atoms with Gasteiger partial charge in [0, 0.05) is 0 Å². The van der Waals surface area contributed by atoms with Gasteiger partial charge in [-0.25, -0.2) is 4.39 Å². The van der Waals surface area contributed by atoms with Gasteiger partial charge in [0.05, 0.1) is 12.5 Å². The highest BCUT2D eigenvalue weighted by Gasteiger charge is 2.04. The van der Waals surface area contributed by atoms with Crippen LogP contribution in [-0.2, 0) is 4.74 Å². The smallest absolute Gasteiger partial charge is 0.190 e. The van der Waals surface area contributed by atoms with Crippen molar-refractivity contribution in [2.24, 2.45) is 0 Å². The second kappa shape index (κ2) is 3.48. The minimum absolute atomic E-state index is 0.225. The molecule has 1 aliphatic rings. The second-order valence-corrected chi connectivity index (χ2v) is 2.71. The van der Waals surface area contributed by atoms with Crippen molar-refractivity contribution in [1.29, 1.82) is 0 Å². The first-order valence-electron chi connectivity index (χ1n) is 3.98. The third-order valence-electron chi connectivity index (χ3n) is 1.81. The number of benzene rings is 1. The first kappa shape index (κ1) is 8.11. The average molecular weight is 173 g/mol. The Morgan fingerprint density at radius 2 is 1.92 bits per heavy atom. The van der Waals surface area contributed by atoms with Crippen molar-refractivity contribution in [2.75, 3.05) is 0 Å². The van der Waals surface area contributed by atoms with Gasteiger partial charge in [0.25, 0.3) is 0 Å². The fraction of sp³-hybridized carbons (Fsp3) is 0. The maximum absolute atomic E-state index is 12.6. The van der Waals surface area contributed by atoms with E-state index >= 15 is 0 Å². The summed E-state index contributed by atoms with van der Waals surface area (Å²) in [7, 11) is 1.91. The molecule has 0 aliphatic carbocycles. The zero-order valence-electron chi connectivity index (χ0n) is 6.91. The Bertz CT molecular complexity index is 354. The van der Waals surface area contributed by atoms with Crippen LogP contribution in [0.5, 0.6) is 0 Å². The Hall–Kier alpha value is -1.51. The molecule has 1 aliphatic heterocycles. The maximum Gasteiger partial charge on any atom is 0.190 e. The highest BCUT2D eigenvalue weighted by Crippen LogP contribution is 2.16. The Morgan fingerprint density at radius 3 is 2.54 bits per heavy atom. The normalized spacial score (nSPS) is 14.4. The number of rotatable bonds is 1. The fourth-order valence-electron chi connectivity index (χ4n) is 1.15. The van der Waals surface area contributed by atoms with Crippen molar-refractivity contribution in [2.45, 2.75) is 0 Å². The maximum atomic E-state index is 12.6. The summed E-state index contributed by atoms with van der Waals surface area (Å²) in [5, 5.41) is 0. The quantitative estimate of drug-likeness (QED) is 0.592. The molecule has 0 atom stereocenters.